The van der Waals surface area contributed by atoms with Crippen molar-refractivity contribution in [1.29, 1.82) is 0 Å². The number of benzene rings is 1. The number of hydrogen-bond donors (Lipinski definition) is 2. The highest BCUT2D eigenvalue weighted by Crippen LogP contribution is 2.33. The fourth-order valence-electron chi connectivity index (χ4n) is 2.02. The van der Waals surface area contributed by atoms with Crippen molar-refractivity contribution in [3.63, 3.8) is 0 Å². The third-order valence-corrected chi connectivity index (χ3v) is 3.12. The van der Waals surface area contributed by atoms with Crippen LogP contribution < -0.4 is 5.32 Å². The van der Waals surface area contributed by atoms with Crippen LogP contribution in [0.25, 0.3) is 0 Å². The van der Waals surface area contributed by atoms with Crippen molar-refractivity contribution >= 4 is 17.6 Å². The number of hydrogen-bond acceptors (Lipinski definition) is 2. The van der Waals surface area contributed by atoms with Gasteiger partial charge >= 0.3 is 5.97 Å². The minimum Gasteiger partial charge on any atom is -0.481 e. The van der Waals surface area contributed by atoms with Crippen LogP contribution in [0.15, 0.2) is 24.3 Å². The fraction of sp³-hybridized carbons (Fsp3) is 0.364. The first-order valence-corrected chi connectivity index (χ1v) is 5.28. The van der Waals surface area contributed by atoms with Gasteiger partial charge in [0.2, 0.25) is 0 Å². The second kappa shape index (κ2) is 4.21. The summed E-state index contributed by atoms with van der Waals surface area (Å²) in [6.45, 7) is 0.729. The quantitative estimate of drug-likeness (QED) is 0.810. The average molecular weight is 226 g/mol. The van der Waals surface area contributed by atoms with Crippen molar-refractivity contribution in [2.45, 2.75) is 12.5 Å². The number of carboxylic acids is 1. The number of nitrogens with one attached hydrogen (secondary N) is 1. The van der Waals surface area contributed by atoms with Gasteiger partial charge in [-0.2, -0.15) is 0 Å². The summed E-state index contributed by atoms with van der Waals surface area (Å²) in [6, 6.07) is 7.23. The Balaban J connectivity index is 2.30. The Morgan fingerprint density at radius 3 is 2.87 bits per heavy atom. The van der Waals surface area contributed by atoms with E-state index in [1.807, 2.05) is 18.2 Å². The Hall–Kier alpha value is -1.06. The molecule has 15 heavy (non-hydrogen) atoms. The lowest BCUT2D eigenvalue weighted by atomic mass is 9.94. The first-order valence-electron chi connectivity index (χ1n) is 4.91. The van der Waals surface area contributed by atoms with Crippen LogP contribution in [0.1, 0.15) is 18.0 Å². The van der Waals surface area contributed by atoms with Gasteiger partial charge in [0.1, 0.15) is 0 Å². The molecule has 2 unspecified atom stereocenters. The summed E-state index contributed by atoms with van der Waals surface area (Å²) >= 11 is 6.04. The molecule has 0 saturated carbocycles. The summed E-state index contributed by atoms with van der Waals surface area (Å²) < 4.78 is 0. The van der Waals surface area contributed by atoms with Crippen molar-refractivity contribution in [3.05, 3.63) is 34.9 Å². The molecule has 0 aliphatic carbocycles. The number of halogens is 1. The van der Waals surface area contributed by atoms with Crippen molar-refractivity contribution in [3.8, 4) is 0 Å². The van der Waals surface area contributed by atoms with Gasteiger partial charge in [-0.3, -0.25) is 4.79 Å². The molecule has 0 radical (unpaired) electrons. The Bertz CT molecular complexity index is 381. The lowest BCUT2D eigenvalue weighted by Crippen LogP contribution is -2.23. The van der Waals surface area contributed by atoms with E-state index in [-0.39, 0.29) is 12.0 Å². The van der Waals surface area contributed by atoms with Gasteiger partial charge in [-0.1, -0.05) is 29.8 Å². The zero-order chi connectivity index (χ0) is 10.8. The molecule has 4 heteroatoms. The number of aliphatic carboxylic acids is 1. The van der Waals surface area contributed by atoms with Crippen LogP contribution in [0.4, 0.5) is 0 Å². The van der Waals surface area contributed by atoms with E-state index in [0.717, 1.165) is 12.1 Å². The molecule has 2 N–H and O–H groups in total. The van der Waals surface area contributed by atoms with Crippen molar-refractivity contribution < 1.29 is 9.90 Å². The van der Waals surface area contributed by atoms with E-state index in [1.165, 1.54) is 0 Å². The molecule has 80 valence electrons. The molecule has 1 saturated heterocycles. The molecule has 2 atom stereocenters. The Morgan fingerprint density at radius 1 is 1.47 bits per heavy atom. The second-order valence-electron chi connectivity index (χ2n) is 3.69. The molecule has 1 aromatic rings. The fourth-order valence-corrected chi connectivity index (χ4v) is 2.28. The molecule has 0 bridgehead atoms. The van der Waals surface area contributed by atoms with E-state index in [0.29, 0.717) is 11.4 Å². The third-order valence-electron chi connectivity index (χ3n) is 2.78. The SMILES string of the molecule is O=C(O)C1CCNC1c1ccccc1Cl. The lowest BCUT2D eigenvalue weighted by Gasteiger charge is -2.17. The van der Waals surface area contributed by atoms with Gasteiger partial charge in [0.05, 0.1) is 5.92 Å². The van der Waals surface area contributed by atoms with Gasteiger partial charge in [0.25, 0.3) is 0 Å². The van der Waals surface area contributed by atoms with Gasteiger partial charge in [0.15, 0.2) is 0 Å². The van der Waals surface area contributed by atoms with Crippen LogP contribution in [0.2, 0.25) is 5.02 Å². The number of rotatable bonds is 2. The molecule has 0 amide bonds. The first-order chi connectivity index (χ1) is 7.20. The largest absolute Gasteiger partial charge is 0.481 e. The van der Waals surface area contributed by atoms with Crippen LogP contribution in [0.3, 0.4) is 0 Å². The van der Waals surface area contributed by atoms with Crippen molar-refractivity contribution in [1.82, 2.24) is 5.32 Å². The van der Waals surface area contributed by atoms with Crippen molar-refractivity contribution in [2.24, 2.45) is 5.92 Å². The Labute approximate surface area is 93.1 Å². The maximum Gasteiger partial charge on any atom is 0.308 e. The highest BCUT2D eigenvalue weighted by Gasteiger charge is 2.34. The van der Waals surface area contributed by atoms with Gasteiger partial charge in [0, 0.05) is 11.1 Å². The van der Waals surface area contributed by atoms with Crippen LogP contribution in [0.5, 0.6) is 0 Å². The zero-order valence-corrected chi connectivity index (χ0v) is 8.87. The number of carbonyl (C=O) groups is 1. The van der Waals surface area contributed by atoms with E-state index >= 15 is 0 Å². The van der Waals surface area contributed by atoms with E-state index in [1.54, 1.807) is 6.07 Å². The molecule has 1 fully saturated rings. The lowest BCUT2D eigenvalue weighted by molar-refractivity contribution is -0.142. The summed E-state index contributed by atoms with van der Waals surface area (Å²) in [4.78, 5) is 11.0. The van der Waals surface area contributed by atoms with Crippen LogP contribution in [-0.4, -0.2) is 17.6 Å². The monoisotopic (exact) mass is 225 g/mol. The smallest absolute Gasteiger partial charge is 0.308 e. The molecular formula is C11H12ClNO2. The summed E-state index contributed by atoms with van der Waals surface area (Å²) in [5.74, 6) is -1.13. The molecule has 0 aromatic heterocycles. The highest BCUT2D eigenvalue weighted by atomic mass is 35.5. The minimum atomic E-state index is -0.759. The third kappa shape index (κ3) is 1.98. The summed E-state index contributed by atoms with van der Waals surface area (Å²) in [7, 11) is 0. The minimum absolute atomic E-state index is 0.156. The van der Waals surface area contributed by atoms with Gasteiger partial charge in [-0.25, -0.2) is 0 Å². The first kappa shape index (κ1) is 10.5. The summed E-state index contributed by atoms with van der Waals surface area (Å²) in [5, 5.41) is 12.9. The van der Waals surface area contributed by atoms with Crippen molar-refractivity contribution in [2.75, 3.05) is 6.54 Å². The zero-order valence-electron chi connectivity index (χ0n) is 8.11. The highest BCUT2D eigenvalue weighted by molar-refractivity contribution is 6.31. The van der Waals surface area contributed by atoms with E-state index in [4.69, 9.17) is 16.7 Å². The maximum atomic E-state index is 11.0. The number of carboxylic acid groups (broad SMARTS) is 1. The molecule has 1 aromatic carbocycles. The maximum absolute atomic E-state index is 11.0. The van der Waals surface area contributed by atoms with Crippen LogP contribution in [0, 0.1) is 5.92 Å². The molecule has 1 aliphatic rings. The van der Waals surface area contributed by atoms with Gasteiger partial charge < -0.3 is 10.4 Å². The predicted octanol–water partition coefficient (Wildman–Crippen LogP) is 2.08. The van der Waals surface area contributed by atoms with Crippen LogP contribution >= 0.6 is 11.6 Å². The topological polar surface area (TPSA) is 49.3 Å². The van der Waals surface area contributed by atoms with Crippen LogP contribution in [-0.2, 0) is 4.79 Å². The normalized spacial score (nSPS) is 25.4. The standard InChI is InChI=1S/C11H12ClNO2/c12-9-4-2-1-3-7(9)10-8(11(14)15)5-6-13-10/h1-4,8,10,13H,5-6H2,(H,14,15). The van der Waals surface area contributed by atoms with E-state index in [2.05, 4.69) is 5.32 Å². The molecular weight excluding hydrogens is 214 g/mol. The Kier molecular flexibility index (Phi) is 2.93. The average Bonchev–Trinajstić information content (AvgIpc) is 2.67. The Morgan fingerprint density at radius 2 is 2.20 bits per heavy atom. The molecule has 3 nitrogen and oxygen atoms in total. The predicted molar refractivity (Wildman–Crippen MR) is 57.9 cm³/mol. The summed E-state index contributed by atoms with van der Waals surface area (Å²) in [6.07, 6.45) is 0.658. The molecule has 1 heterocycles. The second-order valence-corrected chi connectivity index (χ2v) is 4.09. The molecule has 1 aliphatic heterocycles. The molecule has 0 spiro atoms. The summed E-state index contributed by atoms with van der Waals surface area (Å²) in [5.41, 5.74) is 0.879. The van der Waals surface area contributed by atoms with E-state index in [9.17, 15) is 4.79 Å². The molecule has 2 rings (SSSR count). The van der Waals surface area contributed by atoms with E-state index < -0.39 is 5.97 Å². The van der Waals surface area contributed by atoms with Gasteiger partial charge in [-0.15, -0.1) is 0 Å². The van der Waals surface area contributed by atoms with Gasteiger partial charge in [-0.05, 0) is 24.6 Å².